The number of aryl methyl sites for hydroxylation is 1. The fourth-order valence-corrected chi connectivity index (χ4v) is 4.10. The molecule has 1 aliphatic rings. The molecule has 1 fully saturated rings. The molecule has 0 amide bonds. The van der Waals surface area contributed by atoms with Crippen molar-refractivity contribution in [2.24, 2.45) is 5.92 Å². The lowest BCUT2D eigenvalue weighted by molar-refractivity contribution is 0.351. The molecule has 3 aromatic rings. The van der Waals surface area contributed by atoms with Gasteiger partial charge in [0.05, 0.1) is 11.0 Å². The minimum Gasteiger partial charge on any atom is -0.342 e. The molecule has 0 bridgehead atoms. The lowest BCUT2D eigenvalue weighted by atomic mass is 9.93. The second-order valence-corrected chi connectivity index (χ2v) is 7.84. The molecule has 0 spiro atoms. The number of rotatable bonds is 6. The van der Waals surface area contributed by atoms with Crippen LogP contribution in [-0.4, -0.2) is 23.1 Å². The highest BCUT2D eigenvalue weighted by molar-refractivity contribution is 6.30. The van der Waals surface area contributed by atoms with E-state index in [1.165, 1.54) is 49.9 Å². The number of aromatic nitrogens is 2. The monoisotopic (exact) mass is 367 g/mol. The molecule has 1 aromatic heterocycles. The number of benzene rings is 2. The van der Waals surface area contributed by atoms with Crippen molar-refractivity contribution < 1.29 is 0 Å². The summed E-state index contributed by atoms with van der Waals surface area (Å²) in [4.78, 5) is 8.38. The van der Waals surface area contributed by atoms with E-state index in [2.05, 4.69) is 40.6 Å². The number of H-pyrrole nitrogens is 1. The van der Waals surface area contributed by atoms with Crippen LogP contribution >= 0.6 is 11.6 Å². The Morgan fingerprint density at radius 2 is 2.00 bits per heavy atom. The third kappa shape index (κ3) is 4.28. The zero-order valence-electron chi connectivity index (χ0n) is 15.1. The van der Waals surface area contributed by atoms with Crippen LogP contribution in [0.2, 0.25) is 5.02 Å². The Morgan fingerprint density at radius 3 is 2.81 bits per heavy atom. The Kier molecular flexibility index (Phi) is 5.57. The number of nitrogens with one attached hydrogen (secondary N) is 2. The molecule has 26 heavy (non-hydrogen) atoms. The molecular formula is C22H26ClN3. The number of piperidine rings is 1. The topological polar surface area (TPSA) is 40.7 Å². The first-order chi connectivity index (χ1) is 12.8. The number of fused-ring (bicyclic) bond motifs is 1. The van der Waals surface area contributed by atoms with Crippen LogP contribution in [0.25, 0.3) is 11.0 Å². The average Bonchev–Trinajstić information content (AvgIpc) is 3.08. The summed E-state index contributed by atoms with van der Waals surface area (Å²) >= 11 is 5.98. The Balaban J connectivity index is 1.43. The molecular weight excluding hydrogens is 342 g/mol. The van der Waals surface area contributed by atoms with Gasteiger partial charge in [-0.2, -0.15) is 0 Å². The Morgan fingerprint density at radius 1 is 1.12 bits per heavy atom. The maximum absolute atomic E-state index is 5.98. The number of hydrogen-bond donors (Lipinski definition) is 2. The van der Waals surface area contributed by atoms with Crippen molar-refractivity contribution in [2.75, 3.05) is 13.1 Å². The molecule has 1 unspecified atom stereocenters. The molecule has 2 aromatic carbocycles. The van der Waals surface area contributed by atoms with Crippen LogP contribution in [0, 0.1) is 5.92 Å². The average molecular weight is 368 g/mol. The summed E-state index contributed by atoms with van der Waals surface area (Å²) in [6.45, 7) is 2.39. The number of nitrogens with zero attached hydrogens (tertiary/aromatic N) is 1. The Hall–Kier alpha value is -1.84. The van der Waals surface area contributed by atoms with Gasteiger partial charge in [-0.25, -0.2) is 4.98 Å². The van der Waals surface area contributed by atoms with Crippen molar-refractivity contribution in [3.05, 3.63) is 64.4 Å². The standard InChI is InChI=1S/C22H26ClN3/c23-19-11-9-16(10-12-19)14-21-25-20-8-2-7-18(22(20)26-21)6-1-4-17-5-3-13-24-15-17/h2,7-12,17,24H,1,3-6,13-15H2,(H,25,26). The van der Waals surface area contributed by atoms with Crippen LogP contribution < -0.4 is 5.32 Å². The Labute approximate surface area is 160 Å². The SMILES string of the molecule is Clc1ccc(Cc2nc3c(CCCC4CCCNC4)cccc3[nH]2)cc1. The van der Waals surface area contributed by atoms with Gasteiger partial charge in [-0.1, -0.05) is 35.9 Å². The van der Waals surface area contributed by atoms with E-state index in [-0.39, 0.29) is 0 Å². The fourth-order valence-electron chi connectivity index (χ4n) is 3.98. The number of imidazole rings is 1. The van der Waals surface area contributed by atoms with Gasteiger partial charge in [-0.15, -0.1) is 0 Å². The predicted molar refractivity (Wildman–Crippen MR) is 109 cm³/mol. The molecule has 0 aliphatic carbocycles. The minimum atomic E-state index is 0.772. The lowest BCUT2D eigenvalue weighted by Crippen LogP contribution is -2.29. The zero-order valence-corrected chi connectivity index (χ0v) is 15.9. The molecule has 0 saturated carbocycles. The molecule has 3 nitrogen and oxygen atoms in total. The van der Waals surface area contributed by atoms with Crippen LogP contribution in [0.4, 0.5) is 0 Å². The van der Waals surface area contributed by atoms with E-state index in [4.69, 9.17) is 16.6 Å². The van der Waals surface area contributed by atoms with Gasteiger partial charge in [0.25, 0.3) is 0 Å². The molecule has 1 saturated heterocycles. The summed E-state index contributed by atoms with van der Waals surface area (Å²) in [5, 5.41) is 4.29. The maximum Gasteiger partial charge on any atom is 0.111 e. The maximum atomic E-state index is 5.98. The Bertz CT molecular complexity index is 847. The number of para-hydroxylation sites is 1. The van der Waals surface area contributed by atoms with E-state index in [9.17, 15) is 0 Å². The van der Waals surface area contributed by atoms with Gasteiger partial charge in [0.15, 0.2) is 0 Å². The number of aromatic amines is 1. The summed E-state index contributed by atoms with van der Waals surface area (Å²) < 4.78 is 0. The zero-order chi connectivity index (χ0) is 17.8. The van der Waals surface area contributed by atoms with Crippen molar-refractivity contribution in [3.63, 3.8) is 0 Å². The smallest absolute Gasteiger partial charge is 0.111 e. The van der Waals surface area contributed by atoms with Crippen LogP contribution in [0.3, 0.4) is 0 Å². The summed E-state index contributed by atoms with van der Waals surface area (Å²) in [5.41, 5.74) is 4.87. The third-order valence-electron chi connectivity index (χ3n) is 5.39. The minimum absolute atomic E-state index is 0.772. The van der Waals surface area contributed by atoms with E-state index < -0.39 is 0 Å². The summed E-state index contributed by atoms with van der Waals surface area (Å²) in [5.74, 6) is 1.87. The summed E-state index contributed by atoms with van der Waals surface area (Å²) in [6.07, 6.45) is 7.17. The first-order valence-electron chi connectivity index (χ1n) is 9.69. The van der Waals surface area contributed by atoms with E-state index in [1.807, 2.05) is 12.1 Å². The van der Waals surface area contributed by atoms with Crippen LogP contribution in [0.1, 0.15) is 42.6 Å². The number of halogens is 1. The molecule has 136 valence electrons. The van der Waals surface area contributed by atoms with Gasteiger partial charge in [0, 0.05) is 11.4 Å². The highest BCUT2D eigenvalue weighted by Crippen LogP contribution is 2.22. The molecule has 2 heterocycles. The van der Waals surface area contributed by atoms with E-state index in [0.717, 1.165) is 40.6 Å². The first-order valence-corrected chi connectivity index (χ1v) is 10.1. The highest BCUT2D eigenvalue weighted by Gasteiger charge is 2.13. The highest BCUT2D eigenvalue weighted by atomic mass is 35.5. The fraction of sp³-hybridized carbons (Fsp3) is 0.409. The van der Waals surface area contributed by atoms with Gasteiger partial charge < -0.3 is 10.3 Å². The molecule has 0 radical (unpaired) electrons. The summed E-state index contributed by atoms with van der Waals surface area (Å²) in [6, 6.07) is 14.5. The van der Waals surface area contributed by atoms with Crippen LogP contribution in [0.15, 0.2) is 42.5 Å². The molecule has 1 atom stereocenters. The van der Waals surface area contributed by atoms with E-state index in [0.29, 0.717) is 0 Å². The van der Waals surface area contributed by atoms with Crippen molar-refractivity contribution in [3.8, 4) is 0 Å². The molecule has 4 rings (SSSR count). The predicted octanol–water partition coefficient (Wildman–Crippen LogP) is 5.13. The van der Waals surface area contributed by atoms with Gasteiger partial charge in [0.2, 0.25) is 0 Å². The van der Waals surface area contributed by atoms with Crippen molar-refractivity contribution >= 4 is 22.6 Å². The van der Waals surface area contributed by atoms with Gasteiger partial charge in [-0.3, -0.25) is 0 Å². The van der Waals surface area contributed by atoms with Gasteiger partial charge >= 0.3 is 0 Å². The van der Waals surface area contributed by atoms with Gasteiger partial charge in [-0.05, 0) is 80.4 Å². The largest absolute Gasteiger partial charge is 0.342 e. The third-order valence-corrected chi connectivity index (χ3v) is 5.64. The second kappa shape index (κ2) is 8.24. The van der Waals surface area contributed by atoms with E-state index >= 15 is 0 Å². The molecule has 2 N–H and O–H groups in total. The quantitative estimate of drug-likeness (QED) is 0.634. The van der Waals surface area contributed by atoms with Crippen molar-refractivity contribution in [1.82, 2.24) is 15.3 Å². The lowest BCUT2D eigenvalue weighted by Gasteiger charge is -2.22. The van der Waals surface area contributed by atoms with E-state index in [1.54, 1.807) is 0 Å². The first kappa shape index (κ1) is 17.6. The molecule has 4 heteroatoms. The van der Waals surface area contributed by atoms with Gasteiger partial charge in [0.1, 0.15) is 5.82 Å². The van der Waals surface area contributed by atoms with Crippen molar-refractivity contribution in [2.45, 2.75) is 38.5 Å². The molecule has 1 aliphatic heterocycles. The second-order valence-electron chi connectivity index (χ2n) is 7.40. The normalized spacial score (nSPS) is 17.7. The number of hydrogen-bond acceptors (Lipinski definition) is 2. The van der Waals surface area contributed by atoms with Crippen LogP contribution in [0.5, 0.6) is 0 Å². The van der Waals surface area contributed by atoms with Crippen molar-refractivity contribution in [1.29, 1.82) is 0 Å². The summed E-state index contributed by atoms with van der Waals surface area (Å²) in [7, 11) is 0. The van der Waals surface area contributed by atoms with Crippen LogP contribution in [-0.2, 0) is 12.8 Å².